The van der Waals surface area contributed by atoms with E-state index in [-0.39, 0.29) is 0 Å². The van der Waals surface area contributed by atoms with Gasteiger partial charge in [-0.1, -0.05) is 6.42 Å². The van der Waals surface area contributed by atoms with Gasteiger partial charge in [0.25, 0.3) is 0 Å². The van der Waals surface area contributed by atoms with Gasteiger partial charge in [-0.2, -0.15) is 5.10 Å². The number of nitrogens with zero attached hydrogens (tertiary/aromatic N) is 2. The topological polar surface area (TPSA) is 29.9 Å². The molecular formula is C13H21N3. The average molecular weight is 219 g/mol. The van der Waals surface area contributed by atoms with Crippen LogP contribution in [0.15, 0.2) is 12.3 Å². The van der Waals surface area contributed by atoms with Crippen LogP contribution in [0.2, 0.25) is 0 Å². The van der Waals surface area contributed by atoms with Gasteiger partial charge in [0.1, 0.15) is 0 Å². The molecule has 2 aliphatic carbocycles. The number of aromatic nitrogens is 2. The fraction of sp³-hybridized carbons (Fsp3) is 0.769. The summed E-state index contributed by atoms with van der Waals surface area (Å²) in [6, 6.07) is 2.70. The Balaban J connectivity index is 1.81. The lowest BCUT2D eigenvalue weighted by Gasteiger charge is -2.19. The number of rotatable bonds is 4. The third kappa shape index (κ3) is 1.41. The Morgan fingerprint density at radius 3 is 2.88 bits per heavy atom. The SMILES string of the molecule is CCn1nccc1C(NC)C1C2CCCC21. The second kappa shape index (κ2) is 3.88. The summed E-state index contributed by atoms with van der Waals surface area (Å²) in [5, 5.41) is 7.89. The molecule has 0 bridgehead atoms. The van der Waals surface area contributed by atoms with Crippen molar-refractivity contribution in [1.82, 2.24) is 15.1 Å². The molecule has 2 aliphatic rings. The smallest absolute Gasteiger partial charge is 0.0556 e. The van der Waals surface area contributed by atoms with E-state index < -0.39 is 0 Å². The van der Waals surface area contributed by atoms with E-state index in [2.05, 4.69) is 35.1 Å². The summed E-state index contributed by atoms with van der Waals surface area (Å²) in [4.78, 5) is 0. The number of aryl methyl sites for hydroxylation is 1. The van der Waals surface area contributed by atoms with E-state index in [1.807, 2.05) is 6.20 Å². The Hall–Kier alpha value is -0.830. The molecule has 16 heavy (non-hydrogen) atoms. The van der Waals surface area contributed by atoms with Gasteiger partial charge in [-0.05, 0) is 50.6 Å². The molecule has 1 N–H and O–H groups in total. The first-order chi connectivity index (χ1) is 7.86. The van der Waals surface area contributed by atoms with Crippen LogP contribution in [0, 0.1) is 17.8 Å². The van der Waals surface area contributed by atoms with Crippen molar-refractivity contribution >= 4 is 0 Å². The largest absolute Gasteiger partial charge is 0.311 e. The first-order valence-electron chi connectivity index (χ1n) is 6.55. The van der Waals surface area contributed by atoms with Gasteiger partial charge in [0.15, 0.2) is 0 Å². The van der Waals surface area contributed by atoms with Gasteiger partial charge in [-0.15, -0.1) is 0 Å². The van der Waals surface area contributed by atoms with Crippen LogP contribution < -0.4 is 5.32 Å². The van der Waals surface area contributed by atoms with Crippen LogP contribution in [0.5, 0.6) is 0 Å². The zero-order valence-corrected chi connectivity index (χ0v) is 10.2. The molecule has 0 aliphatic heterocycles. The highest BCUT2D eigenvalue weighted by molar-refractivity contribution is 5.16. The highest BCUT2D eigenvalue weighted by atomic mass is 15.3. The average Bonchev–Trinajstić information content (AvgIpc) is 2.76. The van der Waals surface area contributed by atoms with E-state index in [1.54, 1.807) is 0 Å². The van der Waals surface area contributed by atoms with E-state index in [1.165, 1.54) is 25.0 Å². The van der Waals surface area contributed by atoms with E-state index >= 15 is 0 Å². The van der Waals surface area contributed by atoms with E-state index in [9.17, 15) is 0 Å². The van der Waals surface area contributed by atoms with Crippen molar-refractivity contribution in [2.24, 2.45) is 17.8 Å². The maximum atomic E-state index is 4.38. The molecule has 3 heteroatoms. The number of hydrogen-bond acceptors (Lipinski definition) is 2. The van der Waals surface area contributed by atoms with Gasteiger partial charge < -0.3 is 5.32 Å². The molecule has 0 aromatic carbocycles. The van der Waals surface area contributed by atoms with Crippen LogP contribution in [-0.2, 0) is 6.54 Å². The molecule has 0 spiro atoms. The highest BCUT2D eigenvalue weighted by Gasteiger charge is 2.56. The fourth-order valence-corrected chi connectivity index (χ4v) is 3.78. The summed E-state index contributed by atoms with van der Waals surface area (Å²) >= 11 is 0. The summed E-state index contributed by atoms with van der Waals surface area (Å²) < 4.78 is 2.13. The maximum Gasteiger partial charge on any atom is 0.0556 e. The van der Waals surface area contributed by atoms with Crippen LogP contribution in [-0.4, -0.2) is 16.8 Å². The van der Waals surface area contributed by atoms with Gasteiger partial charge in [-0.25, -0.2) is 0 Å². The molecule has 0 amide bonds. The first kappa shape index (κ1) is 10.3. The second-order valence-corrected chi connectivity index (χ2v) is 5.17. The Morgan fingerprint density at radius 1 is 1.50 bits per heavy atom. The van der Waals surface area contributed by atoms with Crippen molar-refractivity contribution < 1.29 is 0 Å². The maximum absolute atomic E-state index is 4.38. The Bertz CT molecular complexity index is 361. The van der Waals surface area contributed by atoms with Crippen molar-refractivity contribution in [3.8, 4) is 0 Å². The molecular weight excluding hydrogens is 198 g/mol. The third-order valence-corrected chi connectivity index (χ3v) is 4.54. The van der Waals surface area contributed by atoms with Crippen LogP contribution in [0.3, 0.4) is 0 Å². The van der Waals surface area contributed by atoms with Gasteiger partial charge in [-0.3, -0.25) is 4.68 Å². The summed E-state index contributed by atoms with van der Waals surface area (Å²) in [5.41, 5.74) is 1.38. The van der Waals surface area contributed by atoms with Gasteiger partial charge in [0.05, 0.1) is 11.7 Å². The molecule has 2 fully saturated rings. The number of hydrogen-bond donors (Lipinski definition) is 1. The van der Waals surface area contributed by atoms with Crippen molar-refractivity contribution in [3.63, 3.8) is 0 Å². The van der Waals surface area contributed by atoms with Crippen LogP contribution >= 0.6 is 0 Å². The summed E-state index contributed by atoms with van der Waals surface area (Å²) in [6.45, 7) is 3.14. The molecule has 3 atom stereocenters. The predicted molar refractivity (Wildman–Crippen MR) is 64.0 cm³/mol. The van der Waals surface area contributed by atoms with E-state index in [4.69, 9.17) is 0 Å². The molecule has 3 unspecified atom stereocenters. The minimum atomic E-state index is 0.526. The fourth-order valence-electron chi connectivity index (χ4n) is 3.78. The zero-order valence-electron chi connectivity index (χ0n) is 10.2. The summed E-state index contributed by atoms with van der Waals surface area (Å²) in [7, 11) is 2.09. The number of fused-ring (bicyclic) bond motifs is 1. The Labute approximate surface area is 97.2 Å². The van der Waals surface area contributed by atoms with Crippen molar-refractivity contribution in [3.05, 3.63) is 18.0 Å². The lowest BCUT2D eigenvalue weighted by molar-refractivity contribution is 0.414. The van der Waals surface area contributed by atoms with Gasteiger partial charge in [0, 0.05) is 12.7 Å². The molecule has 1 heterocycles. The van der Waals surface area contributed by atoms with E-state index in [0.717, 1.165) is 24.3 Å². The summed E-state index contributed by atoms with van der Waals surface area (Å²) in [6.07, 6.45) is 6.29. The molecule has 1 aromatic heterocycles. The second-order valence-electron chi connectivity index (χ2n) is 5.17. The summed E-state index contributed by atoms with van der Waals surface area (Å²) in [5.74, 6) is 2.87. The Morgan fingerprint density at radius 2 is 2.25 bits per heavy atom. The minimum absolute atomic E-state index is 0.526. The minimum Gasteiger partial charge on any atom is -0.311 e. The van der Waals surface area contributed by atoms with Crippen LogP contribution in [0.4, 0.5) is 0 Å². The quantitative estimate of drug-likeness (QED) is 0.841. The predicted octanol–water partition coefficient (Wildman–Crippen LogP) is 2.21. The van der Waals surface area contributed by atoms with Crippen molar-refractivity contribution in [2.45, 2.75) is 38.8 Å². The van der Waals surface area contributed by atoms with Gasteiger partial charge >= 0.3 is 0 Å². The molecule has 0 radical (unpaired) electrons. The molecule has 2 saturated carbocycles. The first-order valence-corrected chi connectivity index (χ1v) is 6.55. The zero-order chi connectivity index (χ0) is 11.1. The van der Waals surface area contributed by atoms with Crippen LogP contribution in [0.1, 0.15) is 37.9 Å². The molecule has 88 valence electrons. The molecule has 3 rings (SSSR count). The lowest BCUT2D eigenvalue weighted by atomic mass is 10.0. The van der Waals surface area contributed by atoms with E-state index in [0.29, 0.717) is 6.04 Å². The normalized spacial score (nSPS) is 33.8. The number of nitrogens with one attached hydrogen (secondary N) is 1. The molecule has 0 saturated heterocycles. The molecule has 1 aromatic rings. The van der Waals surface area contributed by atoms with Gasteiger partial charge in [0.2, 0.25) is 0 Å². The van der Waals surface area contributed by atoms with Crippen molar-refractivity contribution in [1.29, 1.82) is 0 Å². The Kier molecular flexibility index (Phi) is 2.51. The lowest BCUT2D eigenvalue weighted by Crippen LogP contribution is -2.23. The monoisotopic (exact) mass is 219 g/mol. The van der Waals surface area contributed by atoms with Crippen molar-refractivity contribution in [2.75, 3.05) is 7.05 Å². The van der Waals surface area contributed by atoms with Crippen LogP contribution in [0.25, 0.3) is 0 Å². The molecule has 3 nitrogen and oxygen atoms in total. The highest BCUT2D eigenvalue weighted by Crippen LogP contribution is 2.62. The third-order valence-electron chi connectivity index (χ3n) is 4.54. The standard InChI is InChI=1S/C13H21N3/c1-3-16-11(7-8-15-16)13(14-2)12-9-5-4-6-10(9)12/h7-10,12-14H,3-6H2,1-2H3.